The van der Waals surface area contributed by atoms with E-state index in [0.717, 1.165) is 32.8 Å². The van der Waals surface area contributed by atoms with E-state index in [1.807, 2.05) is 29.3 Å². The summed E-state index contributed by atoms with van der Waals surface area (Å²) in [5, 5.41) is 2.96. The van der Waals surface area contributed by atoms with Crippen LogP contribution in [0.5, 0.6) is 0 Å². The van der Waals surface area contributed by atoms with Gasteiger partial charge in [-0.05, 0) is 24.1 Å². The molecule has 1 aromatic carbocycles. The van der Waals surface area contributed by atoms with Gasteiger partial charge in [0.05, 0.1) is 5.69 Å². The van der Waals surface area contributed by atoms with Gasteiger partial charge in [-0.25, -0.2) is 0 Å². The zero-order valence-electron chi connectivity index (χ0n) is 10.1. The molecule has 3 nitrogen and oxygen atoms in total. The highest BCUT2D eigenvalue weighted by Gasteiger charge is 2.30. The number of anilines is 1. The van der Waals surface area contributed by atoms with Gasteiger partial charge in [0, 0.05) is 45.9 Å². The van der Waals surface area contributed by atoms with Crippen LogP contribution in [0.3, 0.4) is 0 Å². The minimum Gasteiger partial charge on any atom is -0.311 e. The van der Waals surface area contributed by atoms with E-state index in [1.54, 1.807) is 6.20 Å². The molecular formula is C14H12Br2N2O. The molecule has 3 rings (SSSR count). The van der Waals surface area contributed by atoms with E-state index in [-0.39, 0.29) is 5.91 Å². The van der Waals surface area contributed by atoms with E-state index in [1.165, 1.54) is 0 Å². The third kappa shape index (κ3) is 2.30. The predicted octanol–water partition coefficient (Wildman–Crippen LogP) is 3.75. The second-order valence-electron chi connectivity index (χ2n) is 4.72. The van der Waals surface area contributed by atoms with Crippen LogP contribution in [0.2, 0.25) is 0 Å². The molecule has 2 heterocycles. The Morgan fingerprint density at radius 3 is 2.89 bits per heavy atom. The summed E-state index contributed by atoms with van der Waals surface area (Å²) < 4.78 is 1.03. The maximum Gasteiger partial charge on any atom is 0.227 e. The van der Waals surface area contributed by atoms with E-state index in [2.05, 4.69) is 36.8 Å². The largest absolute Gasteiger partial charge is 0.311 e. The molecule has 1 unspecified atom stereocenters. The SMILES string of the molecule is O=C1CC(CBr)CN1c1ccc(Br)c2ccncc12. The molecule has 1 saturated heterocycles. The number of hydrogen-bond acceptors (Lipinski definition) is 2. The van der Waals surface area contributed by atoms with Gasteiger partial charge in [-0.15, -0.1) is 0 Å². The van der Waals surface area contributed by atoms with Gasteiger partial charge in [-0.2, -0.15) is 0 Å². The third-order valence-corrected chi connectivity index (χ3v) is 5.06. The number of fused-ring (bicyclic) bond motifs is 1. The van der Waals surface area contributed by atoms with Crippen molar-refractivity contribution in [1.29, 1.82) is 0 Å². The van der Waals surface area contributed by atoms with Crippen LogP contribution in [0.1, 0.15) is 6.42 Å². The Balaban J connectivity index is 2.11. The molecule has 0 bridgehead atoms. The maximum absolute atomic E-state index is 12.1. The van der Waals surface area contributed by atoms with Crippen LogP contribution in [-0.2, 0) is 4.79 Å². The van der Waals surface area contributed by atoms with E-state index in [0.29, 0.717) is 12.3 Å². The van der Waals surface area contributed by atoms with Crippen molar-refractivity contribution in [2.24, 2.45) is 5.92 Å². The normalized spacial score (nSPS) is 19.4. The highest BCUT2D eigenvalue weighted by Crippen LogP contribution is 2.35. The number of benzene rings is 1. The van der Waals surface area contributed by atoms with Crippen molar-refractivity contribution in [2.75, 3.05) is 16.8 Å². The highest BCUT2D eigenvalue weighted by molar-refractivity contribution is 9.10. The van der Waals surface area contributed by atoms with Gasteiger partial charge in [0.1, 0.15) is 0 Å². The topological polar surface area (TPSA) is 33.2 Å². The summed E-state index contributed by atoms with van der Waals surface area (Å²) in [5.41, 5.74) is 0.958. The maximum atomic E-state index is 12.1. The number of alkyl halides is 1. The molecule has 0 saturated carbocycles. The van der Waals surface area contributed by atoms with E-state index >= 15 is 0 Å². The Kier molecular flexibility index (Phi) is 3.58. The lowest BCUT2D eigenvalue weighted by Gasteiger charge is -2.19. The van der Waals surface area contributed by atoms with Crippen LogP contribution in [-0.4, -0.2) is 22.8 Å². The fourth-order valence-corrected chi connectivity index (χ4v) is 3.40. The van der Waals surface area contributed by atoms with Gasteiger partial charge < -0.3 is 4.90 Å². The second kappa shape index (κ2) is 5.21. The Hall–Kier alpha value is -0.940. The van der Waals surface area contributed by atoms with Crippen LogP contribution in [0.25, 0.3) is 10.8 Å². The fourth-order valence-electron chi connectivity index (χ4n) is 2.49. The van der Waals surface area contributed by atoms with E-state index in [9.17, 15) is 4.79 Å². The number of pyridine rings is 1. The highest BCUT2D eigenvalue weighted by atomic mass is 79.9. The summed E-state index contributed by atoms with van der Waals surface area (Å²) in [7, 11) is 0. The van der Waals surface area contributed by atoms with Crippen molar-refractivity contribution in [3.05, 3.63) is 35.1 Å². The number of hydrogen-bond donors (Lipinski definition) is 0. The van der Waals surface area contributed by atoms with Crippen molar-refractivity contribution in [2.45, 2.75) is 6.42 Å². The van der Waals surface area contributed by atoms with Crippen molar-refractivity contribution in [3.63, 3.8) is 0 Å². The van der Waals surface area contributed by atoms with Crippen molar-refractivity contribution < 1.29 is 4.79 Å². The lowest BCUT2D eigenvalue weighted by atomic mass is 10.1. The Bertz CT molecular complexity index is 644. The Morgan fingerprint density at radius 2 is 2.16 bits per heavy atom. The van der Waals surface area contributed by atoms with Gasteiger partial charge in [0.2, 0.25) is 5.91 Å². The molecule has 1 aliphatic heterocycles. The number of carbonyl (C=O) groups excluding carboxylic acids is 1. The molecule has 2 aromatic rings. The monoisotopic (exact) mass is 382 g/mol. The van der Waals surface area contributed by atoms with Crippen LogP contribution in [0, 0.1) is 5.92 Å². The zero-order chi connectivity index (χ0) is 13.4. The predicted molar refractivity (Wildman–Crippen MR) is 83.7 cm³/mol. The smallest absolute Gasteiger partial charge is 0.227 e. The first kappa shape index (κ1) is 13.1. The van der Waals surface area contributed by atoms with Gasteiger partial charge in [-0.3, -0.25) is 9.78 Å². The lowest BCUT2D eigenvalue weighted by molar-refractivity contribution is -0.117. The number of nitrogens with zero attached hydrogens (tertiary/aromatic N) is 2. The molecule has 5 heteroatoms. The Labute approximate surface area is 128 Å². The van der Waals surface area contributed by atoms with Crippen molar-refractivity contribution in [3.8, 4) is 0 Å². The van der Waals surface area contributed by atoms with Crippen LogP contribution in [0.15, 0.2) is 35.1 Å². The summed E-state index contributed by atoms with van der Waals surface area (Å²) in [5.74, 6) is 0.583. The molecule has 19 heavy (non-hydrogen) atoms. The van der Waals surface area contributed by atoms with Gasteiger partial charge in [0.25, 0.3) is 0 Å². The molecule has 0 aliphatic carbocycles. The lowest BCUT2D eigenvalue weighted by Crippen LogP contribution is -2.24. The average molecular weight is 384 g/mol. The first-order valence-electron chi connectivity index (χ1n) is 6.09. The number of amides is 1. The molecule has 1 atom stereocenters. The molecule has 0 spiro atoms. The number of rotatable bonds is 2. The first-order chi connectivity index (χ1) is 9.20. The van der Waals surface area contributed by atoms with Crippen molar-refractivity contribution in [1.82, 2.24) is 4.98 Å². The minimum absolute atomic E-state index is 0.192. The molecule has 1 amide bonds. The summed E-state index contributed by atoms with van der Waals surface area (Å²) >= 11 is 7.01. The molecule has 1 aliphatic rings. The zero-order valence-corrected chi connectivity index (χ0v) is 13.3. The summed E-state index contributed by atoms with van der Waals surface area (Å²) in [6.07, 6.45) is 4.21. The quantitative estimate of drug-likeness (QED) is 0.740. The van der Waals surface area contributed by atoms with E-state index < -0.39 is 0 Å². The number of carbonyl (C=O) groups is 1. The summed E-state index contributed by atoms with van der Waals surface area (Å²) in [4.78, 5) is 18.2. The molecule has 1 aromatic heterocycles. The van der Waals surface area contributed by atoms with E-state index in [4.69, 9.17) is 0 Å². The third-order valence-electron chi connectivity index (χ3n) is 3.46. The van der Waals surface area contributed by atoms with Gasteiger partial charge in [-0.1, -0.05) is 31.9 Å². The minimum atomic E-state index is 0.192. The van der Waals surface area contributed by atoms with Gasteiger partial charge in [0.15, 0.2) is 0 Å². The Morgan fingerprint density at radius 1 is 1.32 bits per heavy atom. The van der Waals surface area contributed by atoms with Crippen molar-refractivity contribution >= 4 is 54.2 Å². The number of halogens is 2. The molecule has 1 fully saturated rings. The summed E-state index contributed by atoms with van der Waals surface area (Å²) in [6.45, 7) is 0.774. The standard InChI is InChI=1S/C14H12Br2N2O/c15-6-9-5-14(19)18(8-9)13-2-1-12(16)10-3-4-17-7-11(10)13/h1-4,7,9H,5-6,8H2. The second-order valence-corrected chi connectivity index (χ2v) is 6.22. The fraction of sp³-hybridized carbons (Fsp3) is 0.286. The average Bonchev–Trinajstić information content (AvgIpc) is 2.81. The van der Waals surface area contributed by atoms with Crippen LogP contribution >= 0.6 is 31.9 Å². The van der Waals surface area contributed by atoms with Crippen LogP contribution < -0.4 is 4.90 Å². The molecular weight excluding hydrogens is 372 g/mol. The molecule has 0 N–H and O–H groups in total. The number of aromatic nitrogens is 1. The van der Waals surface area contributed by atoms with Gasteiger partial charge >= 0.3 is 0 Å². The molecule has 0 radical (unpaired) electrons. The van der Waals surface area contributed by atoms with Crippen LogP contribution in [0.4, 0.5) is 5.69 Å². The first-order valence-corrected chi connectivity index (χ1v) is 8.00. The molecule has 98 valence electrons. The summed E-state index contributed by atoms with van der Waals surface area (Å²) in [6, 6.07) is 5.94.